The standard InChI is InChI=1S/C16H21N3O3/c1-3-22-15-9-21-7-6-13(15)19-16(20)11-4-5-12-14(8-11)18-10(2)17-12/h4-5,8,13,15H,3,6-7,9H2,1-2H3,(H,17,18)(H,19,20)/t13-,15-/m1/s1. The van der Waals surface area contributed by atoms with Crippen LogP contribution in [0.25, 0.3) is 11.0 Å². The third-order valence-corrected chi connectivity index (χ3v) is 3.86. The summed E-state index contributed by atoms with van der Waals surface area (Å²) in [5, 5.41) is 3.06. The molecule has 0 saturated carbocycles. The number of rotatable bonds is 4. The molecule has 1 aromatic carbocycles. The van der Waals surface area contributed by atoms with Crippen LogP contribution in [0.3, 0.4) is 0 Å². The van der Waals surface area contributed by atoms with Crippen LogP contribution < -0.4 is 5.32 Å². The van der Waals surface area contributed by atoms with Gasteiger partial charge in [-0.2, -0.15) is 0 Å². The van der Waals surface area contributed by atoms with E-state index in [4.69, 9.17) is 9.47 Å². The van der Waals surface area contributed by atoms with Crippen LogP contribution in [0.1, 0.15) is 29.5 Å². The summed E-state index contributed by atoms with van der Waals surface area (Å²) in [5.41, 5.74) is 2.36. The number of hydrogen-bond acceptors (Lipinski definition) is 4. The van der Waals surface area contributed by atoms with Crippen molar-refractivity contribution in [2.24, 2.45) is 0 Å². The van der Waals surface area contributed by atoms with Crippen LogP contribution in [0.5, 0.6) is 0 Å². The summed E-state index contributed by atoms with van der Waals surface area (Å²) in [5.74, 6) is 0.749. The van der Waals surface area contributed by atoms with Gasteiger partial charge in [-0.25, -0.2) is 4.98 Å². The van der Waals surface area contributed by atoms with Crippen molar-refractivity contribution >= 4 is 16.9 Å². The molecular formula is C16H21N3O3. The highest BCUT2D eigenvalue weighted by atomic mass is 16.5. The molecule has 118 valence electrons. The van der Waals surface area contributed by atoms with E-state index in [2.05, 4.69) is 15.3 Å². The lowest BCUT2D eigenvalue weighted by atomic mass is 10.1. The van der Waals surface area contributed by atoms with Gasteiger partial charge >= 0.3 is 0 Å². The van der Waals surface area contributed by atoms with Gasteiger partial charge in [0.25, 0.3) is 5.91 Å². The molecule has 0 aliphatic carbocycles. The first kappa shape index (κ1) is 15.0. The Kier molecular flexibility index (Phi) is 4.40. The molecule has 1 saturated heterocycles. The first-order chi connectivity index (χ1) is 10.7. The minimum absolute atomic E-state index is 0.0135. The van der Waals surface area contributed by atoms with Crippen LogP contribution >= 0.6 is 0 Å². The maximum atomic E-state index is 12.5. The summed E-state index contributed by atoms with van der Waals surface area (Å²) in [4.78, 5) is 20.0. The van der Waals surface area contributed by atoms with Crippen molar-refractivity contribution < 1.29 is 14.3 Å². The van der Waals surface area contributed by atoms with Crippen molar-refractivity contribution in [3.8, 4) is 0 Å². The lowest BCUT2D eigenvalue weighted by Gasteiger charge is -2.31. The number of benzene rings is 1. The molecular weight excluding hydrogens is 282 g/mol. The van der Waals surface area contributed by atoms with Gasteiger partial charge in [-0.05, 0) is 38.5 Å². The van der Waals surface area contributed by atoms with Crippen LogP contribution in [-0.4, -0.2) is 47.8 Å². The van der Waals surface area contributed by atoms with Gasteiger partial charge in [0.15, 0.2) is 0 Å². The lowest BCUT2D eigenvalue weighted by molar-refractivity contribution is -0.0632. The van der Waals surface area contributed by atoms with Gasteiger partial charge in [-0.1, -0.05) is 0 Å². The van der Waals surface area contributed by atoms with Crippen LogP contribution in [0.4, 0.5) is 0 Å². The molecule has 0 spiro atoms. The Morgan fingerprint density at radius 1 is 1.55 bits per heavy atom. The number of fused-ring (bicyclic) bond motifs is 1. The highest BCUT2D eigenvalue weighted by Gasteiger charge is 2.27. The zero-order valence-corrected chi connectivity index (χ0v) is 12.9. The average molecular weight is 303 g/mol. The van der Waals surface area contributed by atoms with Gasteiger partial charge in [-0.3, -0.25) is 4.79 Å². The highest BCUT2D eigenvalue weighted by molar-refractivity contribution is 5.97. The van der Waals surface area contributed by atoms with Gasteiger partial charge < -0.3 is 19.8 Å². The highest BCUT2D eigenvalue weighted by Crippen LogP contribution is 2.16. The number of nitrogens with one attached hydrogen (secondary N) is 2. The predicted octanol–water partition coefficient (Wildman–Crippen LogP) is 1.80. The first-order valence-corrected chi connectivity index (χ1v) is 7.64. The third-order valence-electron chi connectivity index (χ3n) is 3.86. The van der Waals surface area contributed by atoms with E-state index in [-0.39, 0.29) is 18.1 Å². The molecule has 22 heavy (non-hydrogen) atoms. The summed E-state index contributed by atoms with van der Waals surface area (Å²) in [6, 6.07) is 5.48. The number of aromatic amines is 1. The summed E-state index contributed by atoms with van der Waals surface area (Å²) < 4.78 is 11.1. The zero-order chi connectivity index (χ0) is 15.5. The molecule has 6 heteroatoms. The zero-order valence-electron chi connectivity index (χ0n) is 12.9. The number of imidazole rings is 1. The van der Waals surface area contributed by atoms with Gasteiger partial charge in [0.2, 0.25) is 0 Å². The normalized spacial score (nSPS) is 21.9. The Morgan fingerprint density at radius 2 is 2.41 bits per heavy atom. The SMILES string of the molecule is CCO[C@@H]1COCC[C@H]1NC(=O)c1ccc2nc(C)[nH]c2c1. The third kappa shape index (κ3) is 3.13. The van der Waals surface area contributed by atoms with E-state index in [1.807, 2.05) is 26.0 Å². The molecule has 0 radical (unpaired) electrons. The molecule has 6 nitrogen and oxygen atoms in total. The van der Waals surface area contributed by atoms with E-state index < -0.39 is 0 Å². The number of hydrogen-bond donors (Lipinski definition) is 2. The lowest BCUT2D eigenvalue weighted by Crippen LogP contribution is -2.50. The molecule has 1 fully saturated rings. The number of nitrogens with zero attached hydrogens (tertiary/aromatic N) is 1. The van der Waals surface area contributed by atoms with Gasteiger partial charge in [0.1, 0.15) is 11.9 Å². The summed E-state index contributed by atoms with van der Waals surface area (Å²) >= 11 is 0. The topological polar surface area (TPSA) is 76.2 Å². The quantitative estimate of drug-likeness (QED) is 0.903. The maximum absolute atomic E-state index is 12.5. The van der Waals surface area contributed by atoms with E-state index in [1.54, 1.807) is 6.07 Å². The number of H-pyrrole nitrogens is 1. The van der Waals surface area contributed by atoms with Crippen LogP contribution in [0, 0.1) is 6.92 Å². The summed E-state index contributed by atoms with van der Waals surface area (Å²) in [6.07, 6.45) is 0.683. The Bertz CT molecular complexity index is 666. The van der Waals surface area contributed by atoms with Crippen molar-refractivity contribution in [3.63, 3.8) is 0 Å². The maximum Gasteiger partial charge on any atom is 0.251 e. The smallest absolute Gasteiger partial charge is 0.251 e. The Balaban J connectivity index is 1.74. The minimum atomic E-state index is -0.0919. The Hall–Kier alpha value is -1.92. The molecule has 0 bridgehead atoms. The van der Waals surface area contributed by atoms with Gasteiger partial charge in [0.05, 0.1) is 23.7 Å². The average Bonchev–Trinajstić information content (AvgIpc) is 2.88. The molecule has 0 unspecified atom stereocenters. The van der Waals surface area contributed by atoms with Crippen molar-refractivity contribution in [1.82, 2.24) is 15.3 Å². The predicted molar refractivity (Wildman–Crippen MR) is 82.9 cm³/mol. The second-order valence-corrected chi connectivity index (χ2v) is 5.49. The van der Waals surface area contributed by atoms with E-state index >= 15 is 0 Å². The van der Waals surface area contributed by atoms with E-state index in [0.717, 1.165) is 23.3 Å². The molecule has 3 rings (SSSR count). The van der Waals surface area contributed by atoms with Crippen molar-refractivity contribution in [2.45, 2.75) is 32.4 Å². The van der Waals surface area contributed by atoms with Gasteiger partial charge in [-0.15, -0.1) is 0 Å². The van der Waals surface area contributed by atoms with Crippen LogP contribution in [0.15, 0.2) is 18.2 Å². The molecule has 1 amide bonds. The summed E-state index contributed by atoms with van der Waals surface area (Å²) in [7, 11) is 0. The van der Waals surface area contributed by atoms with E-state index in [9.17, 15) is 4.79 Å². The fourth-order valence-corrected chi connectivity index (χ4v) is 2.79. The number of amides is 1. The molecule has 2 aromatic rings. The van der Waals surface area contributed by atoms with Crippen LogP contribution in [0.2, 0.25) is 0 Å². The van der Waals surface area contributed by atoms with E-state index in [1.165, 1.54) is 0 Å². The number of carbonyl (C=O) groups is 1. The second-order valence-electron chi connectivity index (χ2n) is 5.49. The fourth-order valence-electron chi connectivity index (χ4n) is 2.79. The van der Waals surface area contributed by atoms with Crippen molar-refractivity contribution in [3.05, 3.63) is 29.6 Å². The molecule has 1 aromatic heterocycles. The molecule has 1 aliphatic rings. The molecule has 2 atom stereocenters. The second kappa shape index (κ2) is 6.46. The number of carbonyl (C=O) groups excluding carboxylic acids is 1. The molecule has 1 aliphatic heterocycles. The Morgan fingerprint density at radius 3 is 3.23 bits per heavy atom. The number of aromatic nitrogens is 2. The van der Waals surface area contributed by atoms with Gasteiger partial charge in [0, 0.05) is 18.8 Å². The minimum Gasteiger partial charge on any atom is -0.379 e. The summed E-state index contributed by atoms with van der Waals surface area (Å²) in [6.45, 7) is 5.63. The van der Waals surface area contributed by atoms with Crippen molar-refractivity contribution in [1.29, 1.82) is 0 Å². The fraction of sp³-hybridized carbons (Fsp3) is 0.500. The largest absolute Gasteiger partial charge is 0.379 e. The Labute approximate surface area is 129 Å². The molecule has 2 N–H and O–H groups in total. The number of ether oxygens (including phenoxy) is 2. The van der Waals surface area contributed by atoms with Crippen molar-refractivity contribution in [2.75, 3.05) is 19.8 Å². The molecule has 2 heterocycles. The van der Waals surface area contributed by atoms with E-state index in [0.29, 0.717) is 25.4 Å². The number of aryl methyl sites for hydroxylation is 1. The first-order valence-electron chi connectivity index (χ1n) is 7.64. The van der Waals surface area contributed by atoms with Crippen LogP contribution in [-0.2, 0) is 9.47 Å². The monoisotopic (exact) mass is 303 g/mol.